The van der Waals surface area contributed by atoms with Gasteiger partial charge in [0.15, 0.2) is 6.23 Å². The number of ether oxygens (including phenoxy) is 1. The SMILES string of the molecule is CCC(COC(c1ccccc1)n1[nH]c(C(=O)O)cc1=O)S(=O)(=O)O. The van der Waals surface area contributed by atoms with E-state index in [9.17, 15) is 22.6 Å². The number of carboxylic acid groups (broad SMARTS) is 1. The lowest BCUT2D eigenvalue weighted by atomic mass is 10.2. The van der Waals surface area contributed by atoms with Crippen LogP contribution in [0.25, 0.3) is 0 Å². The summed E-state index contributed by atoms with van der Waals surface area (Å²) in [5, 5.41) is 10.3. The Bertz CT molecular complexity index is 886. The number of nitrogens with one attached hydrogen (secondary N) is 1. The summed E-state index contributed by atoms with van der Waals surface area (Å²) in [6.07, 6.45) is -0.960. The maximum Gasteiger partial charge on any atom is 0.353 e. The van der Waals surface area contributed by atoms with E-state index in [1.807, 2.05) is 0 Å². The molecule has 25 heavy (non-hydrogen) atoms. The maximum absolute atomic E-state index is 12.1. The van der Waals surface area contributed by atoms with Gasteiger partial charge in [0.2, 0.25) is 0 Å². The summed E-state index contributed by atoms with van der Waals surface area (Å²) in [6, 6.07) is 9.32. The normalized spacial score (nSPS) is 14.2. The summed E-state index contributed by atoms with van der Waals surface area (Å²) in [4.78, 5) is 23.1. The van der Waals surface area contributed by atoms with E-state index in [-0.39, 0.29) is 18.7 Å². The molecule has 2 atom stereocenters. The van der Waals surface area contributed by atoms with Gasteiger partial charge in [-0.1, -0.05) is 37.3 Å². The van der Waals surface area contributed by atoms with Gasteiger partial charge in [-0.3, -0.25) is 14.4 Å². The van der Waals surface area contributed by atoms with Crippen LogP contribution in [0.4, 0.5) is 0 Å². The Kier molecular flexibility index (Phi) is 5.77. The Labute approximate surface area is 143 Å². The van der Waals surface area contributed by atoms with Gasteiger partial charge in [-0.2, -0.15) is 8.42 Å². The van der Waals surface area contributed by atoms with Crippen molar-refractivity contribution < 1.29 is 27.6 Å². The Morgan fingerprint density at radius 1 is 1.32 bits per heavy atom. The summed E-state index contributed by atoms with van der Waals surface area (Å²) in [7, 11) is -4.31. The third-order valence-corrected chi connectivity index (χ3v) is 4.92. The molecular formula is C15H18N2O7S. The van der Waals surface area contributed by atoms with Crippen molar-refractivity contribution >= 4 is 16.1 Å². The third kappa shape index (κ3) is 4.56. The fourth-order valence-electron chi connectivity index (χ4n) is 2.24. The van der Waals surface area contributed by atoms with E-state index < -0.39 is 33.1 Å². The molecule has 0 aliphatic carbocycles. The standard InChI is InChI=1S/C15H18N2O7S/c1-2-11(25(21,22)23)9-24-14(10-6-4-3-5-7-10)17-13(18)8-12(16-17)15(19)20/h3-8,11,14,16H,2,9H2,1H3,(H,19,20)(H,21,22,23). The van der Waals surface area contributed by atoms with E-state index in [1.54, 1.807) is 37.3 Å². The summed E-state index contributed by atoms with van der Waals surface area (Å²) in [5.74, 6) is -1.31. The summed E-state index contributed by atoms with van der Waals surface area (Å²) in [6.45, 7) is 1.20. The van der Waals surface area contributed by atoms with Crippen molar-refractivity contribution in [3.8, 4) is 0 Å². The highest BCUT2D eigenvalue weighted by Crippen LogP contribution is 2.19. The molecule has 2 unspecified atom stereocenters. The van der Waals surface area contributed by atoms with E-state index in [0.717, 1.165) is 10.7 Å². The van der Waals surface area contributed by atoms with Crippen LogP contribution in [0.5, 0.6) is 0 Å². The molecule has 1 heterocycles. The molecule has 1 aromatic carbocycles. The number of benzene rings is 1. The van der Waals surface area contributed by atoms with Crippen LogP contribution in [0.15, 0.2) is 41.2 Å². The number of carboxylic acids is 1. The average Bonchev–Trinajstić information content (AvgIpc) is 2.93. The first-order valence-electron chi connectivity index (χ1n) is 7.41. The molecule has 0 spiro atoms. The fourth-order valence-corrected chi connectivity index (χ4v) is 2.92. The zero-order chi connectivity index (χ0) is 18.6. The highest BCUT2D eigenvalue weighted by molar-refractivity contribution is 7.86. The van der Waals surface area contributed by atoms with Crippen LogP contribution < -0.4 is 5.56 Å². The second kappa shape index (κ2) is 7.64. The third-order valence-electron chi connectivity index (χ3n) is 3.61. The molecule has 9 nitrogen and oxygen atoms in total. The minimum Gasteiger partial charge on any atom is -0.477 e. The number of hydrogen-bond acceptors (Lipinski definition) is 5. The molecule has 136 valence electrons. The van der Waals surface area contributed by atoms with Crippen LogP contribution in [0.3, 0.4) is 0 Å². The number of hydrogen-bond donors (Lipinski definition) is 3. The van der Waals surface area contributed by atoms with E-state index in [4.69, 9.17) is 9.84 Å². The second-order valence-corrected chi connectivity index (χ2v) is 7.02. The first-order chi connectivity index (χ1) is 11.7. The molecule has 0 radical (unpaired) electrons. The topological polar surface area (TPSA) is 139 Å². The van der Waals surface area contributed by atoms with Gasteiger partial charge in [-0.25, -0.2) is 9.48 Å². The van der Waals surface area contributed by atoms with Crippen molar-refractivity contribution in [2.75, 3.05) is 6.61 Å². The number of rotatable bonds is 8. The van der Waals surface area contributed by atoms with Gasteiger partial charge in [0.05, 0.1) is 6.61 Å². The van der Waals surface area contributed by atoms with Crippen molar-refractivity contribution in [1.82, 2.24) is 9.78 Å². The zero-order valence-electron chi connectivity index (χ0n) is 13.3. The monoisotopic (exact) mass is 370 g/mol. The van der Waals surface area contributed by atoms with Crippen LogP contribution in [0.1, 0.15) is 35.6 Å². The highest BCUT2D eigenvalue weighted by atomic mass is 32.2. The molecule has 10 heteroatoms. The van der Waals surface area contributed by atoms with Crippen molar-refractivity contribution in [1.29, 1.82) is 0 Å². The lowest BCUT2D eigenvalue weighted by molar-refractivity contribution is 0.0200. The fraction of sp³-hybridized carbons (Fsp3) is 0.333. The van der Waals surface area contributed by atoms with Crippen LogP contribution >= 0.6 is 0 Å². The minimum atomic E-state index is -4.31. The highest BCUT2D eigenvalue weighted by Gasteiger charge is 2.26. The second-order valence-electron chi connectivity index (χ2n) is 5.32. The first kappa shape index (κ1) is 18.9. The van der Waals surface area contributed by atoms with Gasteiger partial charge in [0.1, 0.15) is 10.9 Å². The Balaban J connectivity index is 2.38. The van der Waals surface area contributed by atoms with Gasteiger partial charge < -0.3 is 9.84 Å². The molecule has 0 aliphatic heterocycles. The number of nitrogens with zero attached hydrogens (tertiary/aromatic N) is 1. The van der Waals surface area contributed by atoms with Crippen LogP contribution in [-0.2, 0) is 14.9 Å². The first-order valence-corrected chi connectivity index (χ1v) is 8.92. The van der Waals surface area contributed by atoms with Gasteiger partial charge in [-0.15, -0.1) is 0 Å². The number of aromatic nitrogens is 2. The molecule has 0 fully saturated rings. The van der Waals surface area contributed by atoms with Gasteiger partial charge in [0.25, 0.3) is 15.7 Å². The largest absolute Gasteiger partial charge is 0.477 e. The molecule has 0 amide bonds. The molecule has 2 aromatic rings. The number of carbonyl (C=O) groups is 1. The number of aromatic carboxylic acids is 1. The Morgan fingerprint density at radius 2 is 1.96 bits per heavy atom. The predicted octanol–water partition coefficient (Wildman–Crippen LogP) is 1.10. The number of aromatic amines is 1. The Morgan fingerprint density at radius 3 is 2.44 bits per heavy atom. The molecule has 3 N–H and O–H groups in total. The quantitative estimate of drug-likeness (QED) is 0.591. The lowest BCUT2D eigenvalue weighted by Crippen LogP contribution is -2.31. The van der Waals surface area contributed by atoms with Crippen LogP contribution in [-0.4, -0.2) is 45.7 Å². The summed E-state index contributed by atoms with van der Waals surface area (Å²) in [5.41, 5.74) is -0.462. The van der Waals surface area contributed by atoms with Crippen LogP contribution in [0, 0.1) is 0 Å². The van der Waals surface area contributed by atoms with Crippen molar-refractivity contribution in [3.63, 3.8) is 0 Å². The molecule has 1 aromatic heterocycles. The minimum absolute atomic E-state index is 0.111. The van der Waals surface area contributed by atoms with Crippen molar-refractivity contribution in [3.05, 3.63) is 58.0 Å². The predicted molar refractivity (Wildman–Crippen MR) is 88.2 cm³/mol. The van der Waals surface area contributed by atoms with E-state index in [2.05, 4.69) is 5.10 Å². The van der Waals surface area contributed by atoms with Gasteiger partial charge in [0, 0.05) is 11.6 Å². The molecule has 0 saturated carbocycles. The van der Waals surface area contributed by atoms with Gasteiger partial charge in [-0.05, 0) is 6.42 Å². The lowest BCUT2D eigenvalue weighted by Gasteiger charge is -2.21. The van der Waals surface area contributed by atoms with E-state index >= 15 is 0 Å². The zero-order valence-corrected chi connectivity index (χ0v) is 14.1. The molecule has 0 bridgehead atoms. The summed E-state index contributed by atoms with van der Waals surface area (Å²) >= 11 is 0. The van der Waals surface area contributed by atoms with E-state index in [0.29, 0.717) is 5.56 Å². The summed E-state index contributed by atoms with van der Waals surface area (Å²) < 4.78 is 38.4. The van der Waals surface area contributed by atoms with Gasteiger partial charge >= 0.3 is 5.97 Å². The number of H-pyrrole nitrogens is 1. The van der Waals surface area contributed by atoms with Crippen molar-refractivity contribution in [2.45, 2.75) is 24.8 Å². The molecule has 2 rings (SSSR count). The van der Waals surface area contributed by atoms with Crippen molar-refractivity contribution in [2.24, 2.45) is 0 Å². The van der Waals surface area contributed by atoms with Crippen LogP contribution in [0.2, 0.25) is 0 Å². The average molecular weight is 370 g/mol. The maximum atomic E-state index is 12.1. The Hall–Kier alpha value is -2.43. The molecular weight excluding hydrogens is 352 g/mol. The molecule has 0 aliphatic rings. The smallest absolute Gasteiger partial charge is 0.353 e. The van der Waals surface area contributed by atoms with E-state index in [1.165, 1.54) is 0 Å². The molecule has 0 saturated heterocycles.